The van der Waals surface area contributed by atoms with Crippen molar-refractivity contribution in [2.45, 2.75) is 12.6 Å². The predicted molar refractivity (Wildman–Crippen MR) is 120 cm³/mol. The van der Waals surface area contributed by atoms with E-state index in [1.165, 1.54) is 6.20 Å². The third-order valence-electron chi connectivity index (χ3n) is 4.73. The number of nitrogens with one attached hydrogen (secondary N) is 1. The molecule has 0 unspecified atom stereocenters. The second-order valence-electron chi connectivity index (χ2n) is 6.86. The van der Waals surface area contributed by atoms with Gasteiger partial charge in [0.15, 0.2) is 0 Å². The molecule has 0 spiro atoms. The Morgan fingerprint density at radius 1 is 0.871 bits per heavy atom. The number of rotatable bonds is 7. The number of carbonyl (C=O) groups excluding carboxylic acids is 1. The van der Waals surface area contributed by atoms with Gasteiger partial charge in [0.25, 0.3) is 5.91 Å². The minimum Gasteiger partial charge on any atom is -0.472 e. The number of nitrogens with zero attached hydrogens (tertiary/aromatic N) is 2. The van der Waals surface area contributed by atoms with Crippen molar-refractivity contribution < 1.29 is 9.53 Å². The predicted octanol–water partition coefficient (Wildman–Crippen LogP) is 5.23. The average Bonchev–Trinajstić information content (AvgIpc) is 2.83. The lowest BCUT2D eigenvalue weighted by Crippen LogP contribution is -2.30. The summed E-state index contributed by atoms with van der Waals surface area (Å²) in [4.78, 5) is 21.3. The van der Waals surface area contributed by atoms with Crippen LogP contribution in [0.2, 0.25) is 5.28 Å². The highest BCUT2D eigenvalue weighted by atomic mass is 35.5. The van der Waals surface area contributed by atoms with Crippen LogP contribution in [0, 0.1) is 0 Å². The van der Waals surface area contributed by atoms with Gasteiger partial charge < -0.3 is 10.1 Å². The number of amides is 1. The van der Waals surface area contributed by atoms with E-state index < -0.39 is 0 Å². The van der Waals surface area contributed by atoms with E-state index >= 15 is 0 Å². The summed E-state index contributed by atoms with van der Waals surface area (Å²) in [5.41, 5.74) is 3.10. The fourth-order valence-corrected chi connectivity index (χ4v) is 3.32. The SMILES string of the molecule is O=C(NC(c1ccccc1)c1ccccc1)c1cnc(Cl)nc1OCc1ccccc1. The largest absolute Gasteiger partial charge is 0.472 e. The molecule has 0 radical (unpaired) electrons. The molecule has 4 rings (SSSR count). The molecule has 1 amide bonds. The zero-order valence-corrected chi connectivity index (χ0v) is 17.4. The summed E-state index contributed by atoms with van der Waals surface area (Å²) in [6.07, 6.45) is 1.39. The molecular weight excluding hydrogens is 410 g/mol. The van der Waals surface area contributed by atoms with E-state index in [9.17, 15) is 4.79 Å². The summed E-state index contributed by atoms with van der Waals surface area (Å²) in [7, 11) is 0. The molecule has 1 aromatic heterocycles. The molecule has 5 nitrogen and oxygen atoms in total. The van der Waals surface area contributed by atoms with Crippen molar-refractivity contribution in [2.24, 2.45) is 0 Å². The lowest BCUT2D eigenvalue weighted by molar-refractivity contribution is 0.0937. The van der Waals surface area contributed by atoms with Crippen molar-refractivity contribution in [3.8, 4) is 5.88 Å². The molecule has 0 aliphatic rings. The molecule has 1 heterocycles. The van der Waals surface area contributed by atoms with Crippen LogP contribution in [-0.2, 0) is 6.61 Å². The van der Waals surface area contributed by atoms with Crippen LogP contribution in [0.1, 0.15) is 33.1 Å². The summed E-state index contributed by atoms with van der Waals surface area (Å²) in [5, 5.41) is 3.10. The van der Waals surface area contributed by atoms with E-state index in [4.69, 9.17) is 16.3 Å². The van der Waals surface area contributed by atoms with Crippen molar-refractivity contribution in [2.75, 3.05) is 0 Å². The van der Waals surface area contributed by atoms with Gasteiger partial charge in [-0.1, -0.05) is 91.0 Å². The van der Waals surface area contributed by atoms with Gasteiger partial charge in [-0.3, -0.25) is 4.79 Å². The summed E-state index contributed by atoms with van der Waals surface area (Å²) in [6.45, 7) is 0.259. The standard InChI is InChI=1S/C25H20ClN3O2/c26-25-27-16-21(24(29-25)31-17-18-10-4-1-5-11-18)23(30)28-22(19-12-6-2-7-13-19)20-14-8-3-9-15-20/h1-16,22H,17H2,(H,28,30). The maximum atomic E-state index is 13.2. The zero-order valence-electron chi connectivity index (χ0n) is 16.6. The van der Waals surface area contributed by atoms with Crippen molar-refractivity contribution in [1.29, 1.82) is 0 Å². The molecule has 0 atom stereocenters. The Morgan fingerprint density at radius 3 is 2.00 bits per heavy atom. The van der Waals surface area contributed by atoms with Crippen molar-refractivity contribution in [3.63, 3.8) is 0 Å². The third-order valence-corrected chi connectivity index (χ3v) is 4.91. The Balaban J connectivity index is 1.60. The summed E-state index contributed by atoms with van der Waals surface area (Å²) >= 11 is 5.97. The van der Waals surface area contributed by atoms with Gasteiger partial charge in [0.1, 0.15) is 12.2 Å². The third kappa shape index (κ3) is 5.27. The van der Waals surface area contributed by atoms with Crippen LogP contribution in [0.3, 0.4) is 0 Å². The van der Waals surface area contributed by atoms with E-state index in [1.54, 1.807) is 0 Å². The van der Waals surface area contributed by atoms with Gasteiger partial charge in [0, 0.05) is 6.20 Å². The second-order valence-corrected chi connectivity index (χ2v) is 7.20. The van der Waals surface area contributed by atoms with Crippen LogP contribution in [-0.4, -0.2) is 15.9 Å². The highest BCUT2D eigenvalue weighted by molar-refractivity contribution is 6.28. The maximum absolute atomic E-state index is 13.2. The van der Waals surface area contributed by atoms with Gasteiger partial charge in [-0.2, -0.15) is 4.98 Å². The number of hydrogen-bond donors (Lipinski definition) is 1. The van der Waals surface area contributed by atoms with Gasteiger partial charge in [-0.05, 0) is 28.3 Å². The molecule has 1 N–H and O–H groups in total. The molecule has 0 aliphatic heterocycles. The normalized spacial score (nSPS) is 10.6. The van der Waals surface area contributed by atoms with Crippen LogP contribution in [0.4, 0.5) is 0 Å². The summed E-state index contributed by atoms with van der Waals surface area (Å²) in [5.74, 6) is -0.210. The number of carbonyl (C=O) groups is 1. The quantitative estimate of drug-likeness (QED) is 0.408. The van der Waals surface area contributed by atoms with Crippen LogP contribution in [0.15, 0.2) is 97.2 Å². The molecule has 31 heavy (non-hydrogen) atoms. The smallest absolute Gasteiger partial charge is 0.259 e. The van der Waals surface area contributed by atoms with E-state index in [1.807, 2.05) is 91.0 Å². The Labute approximate surface area is 185 Å². The summed E-state index contributed by atoms with van der Waals surface area (Å²) in [6, 6.07) is 28.8. The van der Waals surface area contributed by atoms with Crippen LogP contribution >= 0.6 is 11.6 Å². The molecule has 4 aromatic rings. The molecule has 154 valence electrons. The van der Waals surface area contributed by atoms with Gasteiger partial charge in [0.05, 0.1) is 6.04 Å². The number of hydrogen-bond acceptors (Lipinski definition) is 4. The first-order valence-electron chi connectivity index (χ1n) is 9.81. The number of halogens is 1. The van der Waals surface area contributed by atoms with Crippen LogP contribution in [0.25, 0.3) is 0 Å². The highest BCUT2D eigenvalue weighted by Gasteiger charge is 2.22. The highest BCUT2D eigenvalue weighted by Crippen LogP contribution is 2.24. The first-order chi connectivity index (χ1) is 15.2. The second kappa shape index (κ2) is 9.87. The van der Waals surface area contributed by atoms with Gasteiger partial charge >= 0.3 is 0 Å². The number of benzene rings is 3. The summed E-state index contributed by atoms with van der Waals surface area (Å²) < 4.78 is 5.82. The molecule has 0 bridgehead atoms. The van der Waals surface area contributed by atoms with Crippen molar-refractivity contribution in [1.82, 2.24) is 15.3 Å². The van der Waals surface area contributed by atoms with E-state index in [-0.39, 0.29) is 35.3 Å². The van der Waals surface area contributed by atoms with E-state index in [0.29, 0.717) is 0 Å². The van der Waals surface area contributed by atoms with E-state index in [0.717, 1.165) is 16.7 Å². The lowest BCUT2D eigenvalue weighted by Gasteiger charge is -2.20. The van der Waals surface area contributed by atoms with Crippen LogP contribution in [0.5, 0.6) is 5.88 Å². The maximum Gasteiger partial charge on any atom is 0.259 e. The molecule has 0 saturated carbocycles. The van der Waals surface area contributed by atoms with Gasteiger partial charge in [0.2, 0.25) is 11.2 Å². The fraction of sp³-hybridized carbons (Fsp3) is 0.0800. The molecule has 0 aliphatic carbocycles. The molecule has 0 saturated heterocycles. The molecule has 0 fully saturated rings. The van der Waals surface area contributed by atoms with Crippen molar-refractivity contribution >= 4 is 17.5 Å². The minimum atomic E-state index is -0.350. The van der Waals surface area contributed by atoms with Gasteiger partial charge in [-0.25, -0.2) is 4.98 Å². The first-order valence-corrected chi connectivity index (χ1v) is 10.2. The fourth-order valence-electron chi connectivity index (χ4n) is 3.20. The topological polar surface area (TPSA) is 64.1 Å². The molecular formula is C25H20ClN3O2. The van der Waals surface area contributed by atoms with Crippen LogP contribution < -0.4 is 10.1 Å². The molecule has 3 aromatic carbocycles. The average molecular weight is 430 g/mol. The van der Waals surface area contributed by atoms with E-state index in [2.05, 4.69) is 15.3 Å². The zero-order chi connectivity index (χ0) is 21.5. The minimum absolute atomic E-state index is 0.0160. The molecule has 6 heteroatoms. The Hall–Kier alpha value is -3.70. The Morgan fingerprint density at radius 2 is 1.42 bits per heavy atom. The van der Waals surface area contributed by atoms with Gasteiger partial charge in [-0.15, -0.1) is 0 Å². The first kappa shape index (κ1) is 20.6. The number of aromatic nitrogens is 2. The lowest BCUT2D eigenvalue weighted by atomic mass is 9.98. The Kier molecular flexibility index (Phi) is 6.55. The van der Waals surface area contributed by atoms with Crippen molar-refractivity contribution in [3.05, 3.63) is 125 Å². The number of ether oxygens (including phenoxy) is 1. The Bertz CT molecular complexity index is 1100. The monoisotopic (exact) mass is 429 g/mol.